The average Bonchev–Trinajstić information content (AvgIpc) is 3.31. The summed E-state index contributed by atoms with van der Waals surface area (Å²) >= 11 is 0. The van der Waals surface area contributed by atoms with Gasteiger partial charge in [-0.25, -0.2) is 9.97 Å². The first-order chi connectivity index (χ1) is 9.71. The quantitative estimate of drug-likeness (QED) is 0.915. The fourth-order valence-electron chi connectivity index (χ4n) is 2.71. The molecule has 5 heteroatoms. The number of anilines is 2. The van der Waals surface area contributed by atoms with Crippen LogP contribution in [0.3, 0.4) is 0 Å². The second kappa shape index (κ2) is 5.56. The van der Waals surface area contributed by atoms with E-state index in [0.717, 1.165) is 37.0 Å². The van der Waals surface area contributed by atoms with Gasteiger partial charge < -0.3 is 15.0 Å². The molecule has 1 N–H and O–H groups in total. The van der Waals surface area contributed by atoms with E-state index in [0.29, 0.717) is 12.0 Å². The van der Waals surface area contributed by atoms with E-state index in [2.05, 4.69) is 35.1 Å². The number of aromatic nitrogens is 2. The third-order valence-electron chi connectivity index (χ3n) is 4.16. The zero-order chi connectivity index (χ0) is 14.1. The molecule has 0 aromatic carbocycles. The van der Waals surface area contributed by atoms with Crippen LogP contribution < -0.4 is 10.2 Å². The molecule has 5 nitrogen and oxygen atoms in total. The van der Waals surface area contributed by atoms with Gasteiger partial charge in [0.2, 0.25) is 0 Å². The summed E-state index contributed by atoms with van der Waals surface area (Å²) in [5.74, 6) is 3.54. The zero-order valence-corrected chi connectivity index (χ0v) is 12.6. The highest BCUT2D eigenvalue weighted by Gasteiger charge is 2.30. The Labute approximate surface area is 120 Å². The summed E-state index contributed by atoms with van der Waals surface area (Å²) in [4.78, 5) is 11.8. The monoisotopic (exact) mass is 276 g/mol. The minimum atomic E-state index is 0.259. The van der Waals surface area contributed by atoms with Crippen LogP contribution in [0.2, 0.25) is 0 Å². The largest absolute Gasteiger partial charge is 0.375 e. The van der Waals surface area contributed by atoms with Crippen LogP contribution in [0.25, 0.3) is 0 Å². The maximum atomic E-state index is 5.78. The smallest absolute Gasteiger partial charge is 0.136 e. The molecule has 1 aromatic heterocycles. The van der Waals surface area contributed by atoms with Gasteiger partial charge >= 0.3 is 0 Å². The van der Waals surface area contributed by atoms with E-state index in [1.165, 1.54) is 12.8 Å². The van der Waals surface area contributed by atoms with Crippen molar-refractivity contribution in [1.82, 2.24) is 9.97 Å². The van der Waals surface area contributed by atoms with Crippen molar-refractivity contribution in [2.75, 3.05) is 30.4 Å². The number of morpholine rings is 1. The van der Waals surface area contributed by atoms with Gasteiger partial charge in [0.1, 0.15) is 17.5 Å². The number of hydrogen-bond acceptors (Lipinski definition) is 5. The summed E-state index contributed by atoms with van der Waals surface area (Å²) in [5, 5.41) is 3.16. The Kier molecular flexibility index (Phi) is 3.78. The Bertz CT molecular complexity index is 475. The molecule has 2 aliphatic rings. The molecule has 20 heavy (non-hydrogen) atoms. The molecule has 0 amide bonds. The Morgan fingerprint density at radius 2 is 2.20 bits per heavy atom. The van der Waals surface area contributed by atoms with Crippen LogP contribution in [0.4, 0.5) is 11.6 Å². The summed E-state index contributed by atoms with van der Waals surface area (Å²) in [6.07, 6.45) is 3.78. The van der Waals surface area contributed by atoms with Crippen molar-refractivity contribution < 1.29 is 4.74 Å². The molecule has 0 bridgehead atoms. The number of nitrogens with one attached hydrogen (secondary N) is 1. The van der Waals surface area contributed by atoms with Gasteiger partial charge in [0.25, 0.3) is 0 Å². The highest BCUT2D eigenvalue weighted by Crippen LogP contribution is 2.39. The minimum Gasteiger partial charge on any atom is -0.375 e. The SMILES string of the molecule is CCC1COC(C)CN1c1cc(NC)nc(C2CC2)n1. The number of rotatable bonds is 4. The van der Waals surface area contributed by atoms with E-state index in [1.54, 1.807) is 0 Å². The van der Waals surface area contributed by atoms with Crippen LogP contribution in [0.15, 0.2) is 6.07 Å². The lowest BCUT2D eigenvalue weighted by atomic mass is 10.1. The van der Waals surface area contributed by atoms with Crippen molar-refractivity contribution in [2.45, 2.75) is 51.2 Å². The standard InChI is InChI=1S/C15H24N4O/c1-4-12-9-20-10(2)8-19(12)14-7-13(16-3)17-15(18-14)11-5-6-11/h7,10-12H,4-6,8-9H2,1-3H3,(H,16,17,18). The molecule has 1 aromatic rings. The van der Waals surface area contributed by atoms with Crippen LogP contribution in [-0.4, -0.2) is 42.3 Å². The molecule has 2 atom stereocenters. The zero-order valence-electron chi connectivity index (χ0n) is 12.6. The first-order valence-corrected chi connectivity index (χ1v) is 7.66. The lowest BCUT2D eigenvalue weighted by Crippen LogP contribution is -2.49. The summed E-state index contributed by atoms with van der Waals surface area (Å²) in [6, 6.07) is 2.48. The van der Waals surface area contributed by atoms with Crippen molar-refractivity contribution in [3.63, 3.8) is 0 Å². The Morgan fingerprint density at radius 1 is 1.40 bits per heavy atom. The minimum absolute atomic E-state index is 0.259. The molecule has 1 saturated heterocycles. The summed E-state index contributed by atoms with van der Waals surface area (Å²) in [7, 11) is 1.92. The third kappa shape index (κ3) is 2.73. The first kappa shape index (κ1) is 13.6. The molecule has 1 saturated carbocycles. The lowest BCUT2D eigenvalue weighted by molar-refractivity contribution is 0.0296. The van der Waals surface area contributed by atoms with Crippen molar-refractivity contribution in [1.29, 1.82) is 0 Å². The van der Waals surface area contributed by atoms with Gasteiger partial charge in [-0.1, -0.05) is 6.92 Å². The van der Waals surface area contributed by atoms with Crippen molar-refractivity contribution in [3.05, 3.63) is 11.9 Å². The number of hydrogen-bond donors (Lipinski definition) is 1. The van der Waals surface area contributed by atoms with Gasteiger partial charge in [-0.05, 0) is 26.2 Å². The fourth-order valence-corrected chi connectivity index (χ4v) is 2.71. The topological polar surface area (TPSA) is 50.3 Å². The molecule has 3 rings (SSSR count). The van der Waals surface area contributed by atoms with Crippen molar-refractivity contribution in [2.24, 2.45) is 0 Å². The summed E-state index contributed by atoms with van der Waals surface area (Å²) in [5.41, 5.74) is 0. The maximum Gasteiger partial charge on any atom is 0.136 e. The number of nitrogens with zero attached hydrogens (tertiary/aromatic N) is 3. The van der Waals surface area contributed by atoms with E-state index in [-0.39, 0.29) is 6.10 Å². The van der Waals surface area contributed by atoms with Gasteiger partial charge in [-0.3, -0.25) is 0 Å². The fraction of sp³-hybridized carbons (Fsp3) is 0.733. The van der Waals surface area contributed by atoms with Crippen LogP contribution >= 0.6 is 0 Å². The Morgan fingerprint density at radius 3 is 2.85 bits per heavy atom. The van der Waals surface area contributed by atoms with Crippen LogP contribution in [0.1, 0.15) is 44.9 Å². The normalized spacial score (nSPS) is 26.6. The molecular weight excluding hydrogens is 252 g/mol. The van der Waals surface area contributed by atoms with Crippen LogP contribution in [-0.2, 0) is 4.74 Å². The molecule has 110 valence electrons. The highest BCUT2D eigenvalue weighted by molar-refractivity contribution is 5.51. The van der Waals surface area contributed by atoms with Crippen LogP contribution in [0, 0.1) is 0 Å². The molecule has 2 heterocycles. The van der Waals surface area contributed by atoms with E-state index < -0.39 is 0 Å². The van der Waals surface area contributed by atoms with E-state index in [4.69, 9.17) is 9.72 Å². The molecular formula is C15H24N4O. The van der Waals surface area contributed by atoms with Gasteiger partial charge in [-0.2, -0.15) is 0 Å². The van der Waals surface area contributed by atoms with Gasteiger partial charge in [0, 0.05) is 25.6 Å². The van der Waals surface area contributed by atoms with Gasteiger partial charge in [0.05, 0.1) is 18.8 Å². The second-order valence-corrected chi connectivity index (χ2v) is 5.85. The molecule has 0 radical (unpaired) electrons. The van der Waals surface area contributed by atoms with E-state index in [9.17, 15) is 0 Å². The number of ether oxygens (including phenoxy) is 1. The predicted octanol–water partition coefficient (Wildman–Crippen LogP) is 2.40. The predicted molar refractivity (Wildman–Crippen MR) is 80.4 cm³/mol. The highest BCUT2D eigenvalue weighted by atomic mass is 16.5. The summed E-state index contributed by atoms with van der Waals surface area (Å²) < 4.78 is 5.78. The Hall–Kier alpha value is -1.36. The Balaban J connectivity index is 1.91. The lowest BCUT2D eigenvalue weighted by Gasteiger charge is -2.39. The maximum absolute atomic E-state index is 5.78. The molecule has 1 aliphatic heterocycles. The second-order valence-electron chi connectivity index (χ2n) is 5.85. The summed E-state index contributed by atoms with van der Waals surface area (Å²) in [6.45, 7) is 6.03. The van der Waals surface area contributed by atoms with E-state index >= 15 is 0 Å². The first-order valence-electron chi connectivity index (χ1n) is 7.66. The molecule has 0 spiro atoms. The van der Waals surface area contributed by atoms with E-state index in [1.807, 2.05) is 7.05 Å². The third-order valence-corrected chi connectivity index (χ3v) is 4.16. The molecule has 2 unspecified atom stereocenters. The molecule has 1 aliphatic carbocycles. The van der Waals surface area contributed by atoms with Gasteiger partial charge in [-0.15, -0.1) is 0 Å². The average molecular weight is 276 g/mol. The van der Waals surface area contributed by atoms with Gasteiger partial charge in [0.15, 0.2) is 0 Å². The molecule has 2 fully saturated rings. The van der Waals surface area contributed by atoms with Crippen molar-refractivity contribution >= 4 is 11.6 Å². The van der Waals surface area contributed by atoms with Crippen LogP contribution in [0.5, 0.6) is 0 Å². The van der Waals surface area contributed by atoms with Crippen molar-refractivity contribution in [3.8, 4) is 0 Å².